The van der Waals surface area contributed by atoms with Gasteiger partial charge in [-0.3, -0.25) is 0 Å². The number of hydrogen-bond acceptors (Lipinski definition) is 3. The van der Waals surface area contributed by atoms with E-state index in [0.717, 1.165) is 29.5 Å². The average Bonchev–Trinajstić information content (AvgIpc) is 2.79. The van der Waals surface area contributed by atoms with E-state index < -0.39 is 8.60 Å². The zero-order chi connectivity index (χ0) is 24.9. The lowest BCUT2D eigenvalue weighted by Gasteiger charge is -2.25. The van der Waals surface area contributed by atoms with Crippen LogP contribution in [0.3, 0.4) is 0 Å². The molecule has 3 aromatic carbocycles. The summed E-state index contributed by atoms with van der Waals surface area (Å²) in [6.07, 6.45) is 2.16. The summed E-state index contributed by atoms with van der Waals surface area (Å²) in [6.45, 7) is 15.2. The van der Waals surface area contributed by atoms with Crippen LogP contribution in [0.25, 0.3) is 0 Å². The normalized spacial score (nSPS) is 13.6. The monoisotopic (exact) mass is 478 g/mol. The minimum absolute atomic E-state index is 0.109. The Morgan fingerprint density at radius 3 is 2.15 bits per heavy atom. The first-order chi connectivity index (χ1) is 16.0. The van der Waals surface area contributed by atoms with E-state index in [4.69, 9.17) is 9.05 Å². The van der Waals surface area contributed by atoms with E-state index in [-0.39, 0.29) is 11.3 Å². The van der Waals surface area contributed by atoms with Gasteiger partial charge in [-0.1, -0.05) is 102 Å². The molecule has 182 valence electrons. The van der Waals surface area contributed by atoms with Crippen LogP contribution in [0.1, 0.15) is 81.7 Å². The zero-order valence-electron chi connectivity index (χ0n) is 21.6. The third-order valence-electron chi connectivity index (χ3n) is 6.15. The van der Waals surface area contributed by atoms with Gasteiger partial charge in [0.05, 0.1) is 0 Å². The van der Waals surface area contributed by atoms with Crippen LogP contribution in [0.5, 0.6) is 11.5 Å². The summed E-state index contributed by atoms with van der Waals surface area (Å²) in [5.41, 5.74) is 5.68. The molecule has 0 saturated carbocycles. The molecule has 34 heavy (non-hydrogen) atoms. The van der Waals surface area contributed by atoms with Crippen LogP contribution in [0.15, 0.2) is 66.7 Å². The standard InChI is InChI=1S/C30H39O3P/c1-21(2)13-15-24-16-18-28(26(20-24)23(4)25-11-9-8-10-12-25)32-34(31)33-29-17-14-22(3)19-27(29)30(5,6)7/h8-12,14,16-21,23,31H,13,15H2,1-7H3. The molecule has 3 aromatic rings. The maximum atomic E-state index is 10.9. The smallest absolute Gasteiger partial charge is 0.418 e. The van der Waals surface area contributed by atoms with Gasteiger partial charge in [-0.05, 0) is 54.4 Å². The molecule has 0 aliphatic rings. The van der Waals surface area contributed by atoms with Crippen molar-refractivity contribution in [1.82, 2.24) is 0 Å². The van der Waals surface area contributed by atoms with Crippen LogP contribution in [0.2, 0.25) is 0 Å². The molecular formula is C30H39O3P. The Bertz CT molecular complexity index is 1070. The molecule has 0 heterocycles. The third kappa shape index (κ3) is 7.08. The number of benzene rings is 3. The van der Waals surface area contributed by atoms with Gasteiger partial charge in [0.15, 0.2) is 0 Å². The van der Waals surface area contributed by atoms with E-state index in [0.29, 0.717) is 17.4 Å². The van der Waals surface area contributed by atoms with Gasteiger partial charge in [-0.15, -0.1) is 0 Å². The fraction of sp³-hybridized carbons (Fsp3) is 0.400. The molecule has 0 radical (unpaired) electrons. The molecule has 0 amide bonds. The highest BCUT2D eigenvalue weighted by atomic mass is 31.2. The molecule has 3 rings (SSSR count). The zero-order valence-corrected chi connectivity index (χ0v) is 22.5. The molecule has 2 unspecified atom stereocenters. The van der Waals surface area contributed by atoms with Gasteiger partial charge in [-0.25, -0.2) is 0 Å². The largest absolute Gasteiger partial charge is 0.460 e. The van der Waals surface area contributed by atoms with Gasteiger partial charge in [0.25, 0.3) is 0 Å². The van der Waals surface area contributed by atoms with E-state index >= 15 is 0 Å². The SMILES string of the molecule is Cc1ccc(OP(O)Oc2ccc(CCC(C)C)cc2C(C)c2ccccc2)c(C(C)(C)C)c1. The van der Waals surface area contributed by atoms with Crippen molar-refractivity contribution >= 4 is 8.60 Å². The molecule has 2 atom stereocenters. The van der Waals surface area contributed by atoms with Crippen LogP contribution in [-0.2, 0) is 11.8 Å². The van der Waals surface area contributed by atoms with E-state index in [1.165, 1.54) is 11.1 Å². The summed E-state index contributed by atoms with van der Waals surface area (Å²) in [5.74, 6) is 2.11. The van der Waals surface area contributed by atoms with Crippen LogP contribution in [0, 0.1) is 12.8 Å². The van der Waals surface area contributed by atoms with Gasteiger partial charge < -0.3 is 13.9 Å². The molecule has 3 nitrogen and oxygen atoms in total. The maximum Gasteiger partial charge on any atom is 0.460 e. The minimum Gasteiger partial charge on any atom is -0.418 e. The van der Waals surface area contributed by atoms with E-state index in [1.54, 1.807) is 0 Å². The topological polar surface area (TPSA) is 38.7 Å². The predicted molar refractivity (Wildman–Crippen MR) is 144 cm³/mol. The second-order valence-electron chi connectivity index (χ2n) is 10.6. The fourth-order valence-corrected chi connectivity index (χ4v) is 4.75. The summed E-state index contributed by atoms with van der Waals surface area (Å²) in [4.78, 5) is 10.9. The van der Waals surface area contributed by atoms with Crippen LogP contribution >= 0.6 is 8.60 Å². The van der Waals surface area contributed by atoms with Crippen molar-refractivity contribution in [2.24, 2.45) is 5.92 Å². The second kappa shape index (κ2) is 11.4. The first-order valence-corrected chi connectivity index (χ1v) is 13.3. The Morgan fingerprint density at radius 1 is 0.853 bits per heavy atom. The van der Waals surface area contributed by atoms with Crippen molar-refractivity contribution in [1.29, 1.82) is 0 Å². The van der Waals surface area contributed by atoms with Gasteiger partial charge >= 0.3 is 8.60 Å². The molecule has 0 spiro atoms. The first-order valence-electron chi connectivity index (χ1n) is 12.2. The van der Waals surface area contributed by atoms with Crippen LogP contribution < -0.4 is 9.05 Å². The maximum absolute atomic E-state index is 10.9. The number of rotatable bonds is 9. The van der Waals surface area contributed by atoms with Crippen molar-refractivity contribution in [2.75, 3.05) is 0 Å². The average molecular weight is 479 g/mol. The van der Waals surface area contributed by atoms with Crippen molar-refractivity contribution in [2.45, 2.75) is 72.6 Å². The second-order valence-corrected chi connectivity index (χ2v) is 11.4. The first kappa shape index (κ1) is 26.3. The highest BCUT2D eigenvalue weighted by Gasteiger charge is 2.24. The predicted octanol–water partition coefficient (Wildman–Crippen LogP) is 8.71. The Labute approximate surface area is 207 Å². The van der Waals surface area contributed by atoms with Crippen molar-refractivity contribution < 1.29 is 13.9 Å². The lowest BCUT2D eigenvalue weighted by atomic mass is 9.85. The fourth-order valence-electron chi connectivity index (χ4n) is 4.05. The van der Waals surface area contributed by atoms with Crippen LogP contribution in [0.4, 0.5) is 0 Å². The summed E-state index contributed by atoms with van der Waals surface area (Å²) in [7, 11) is -2.14. The van der Waals surface area contributed by atoms with Gasteiger partial charge in [-0.2, -0.15) is 0 Å². The Kier molecular flexibility index (Phi) is 8.79. The minimum atomic E-state index is -2.14. The van der Waals surface area contributed by atoms with Crippen LogP contribution in [-0.4, -0.2) is 4.89 Å². The highest BCUT2D eigenvalue weighted by molar-refractivity contribution is 7.41. The quantitative estimate of drug-likeness (QED) is 0.313. The summed E-state index contributed by atoms with van der Waals surface area (Å²) in [5, 5.41) is 0. The van der Waals surface area contributed by atoms with Crippen molar-refractivity contribution in [3.8, 4) is 11.5 Å². The van der Waals surface area contributed by atoms with Gasteiger partial charge in [0.2, 0.25) is 0 Å². The molecule has 4 heteroatoms. The van der Waals surface area contributed by atoms with Gasteiger partial charge in [0, 0.05) is 17.0 Å². The lowest BCUT2D eigenvalue weighted by molar-refractivity contribution is 0.374. The van der Waals surface area contributed by atoms with E-state index in [9.17, 15) is 4.89 Å². The molecule has 1 N–H and O–H groups in total. The molecule has 0 bridgehead atoms. The Balaban J connectivity index is 1.88. The van der Waals surface area contributed by atoms with Gasteiger partial charge in [0.1, 0.15) is 11.5 Å². The van der Waals surface area contributed by atoms with Crippen molar-refractivity contribution in [3.63, 3.8) is 0 Å². The van der Waals surface area contributed by atoms with E-state index in [2.05, 4.69) is 90.9 Å². The number of hydrogen-bond donors (Lipinski definition) is 1. The Morgan fingerprint density at radius 2 is 1.50 bits per heavy atom. The highest BCUT2D eigenvalue weighted by Crippen LogP contribution is 2.44. The van der Waals surface area contributed by atoms with Crippen molar-refractivity contribution in [3.05, 3.63) is 94.5 Å². The third-order valence-corrected chi connectivity index (χ3v) is 6.85. The van der Waals surface area contributed by atoms with E-state index in [1.807, 2.05) is 24.3 Å². The lowest BCUT2D eigenvalue weighted by Crippen LogP contribution is -2.13. The molecular weight excluding hydrogens is 439 g/mol. The molecule has 0 aliphatic carbocycles. The molecule has 0 saturated heterocycles. The molecule has 0 aromatic heterocycles. The number of aryl methyl sites for hydroxylation is 2. The summed E-state index contributed by atoms with van der Waals surface area (Å²) >= 11 is 0. The summed E-state index contributed by atoms with van der Waals surface area (Å²) < 4.78 is 12.0. The summed E-state index contributed by atoms with van der Waals surface area (Å²) in [6, 6.07) is 22.8. The molecule has 0 fully saturated rings. The molecule has 0 aliphatic heterocycles. The Hall–Kier alpha value is -2.35.